The molecule has 0 spiro atoms. The summed E-state index contributed by atoms with van der Waals surface area (Å²) < 4.78 is 7.53. The Morgan fingerprint density at radius 2 is 2.09 bits per heavy atom. The molecule has 32 heavy (non-hydrogen) atoms. The van der Waals surface area contributed by atoms with Gasteiger partial charge in [-0.1, -0.05) is 6.92 Å². The maximum absolute atomic E-state index is 9.16. The van der Waals surface area contributed by atoms with Gasteiger partial charge in [-0.2, -0.15) is 5.10 Å². The number of aliphatic hydroxyl groups is 1. The molecule has 0 bridgehead atoms. The van der Waals surface area contributed by atoms with E-state index in [0.29, 0.717) is 19.7 Å². The second kappa shape index (κ2) is 8.51. The second-order valence-electron chi connectivity index (χ2n) is 8.03. The van der Waals surface area contributed by atoms with Crippen LogP contribution in [0.25, 0.3) is 22.3 Å². The third-order valence-corrected chi connectivity index (χ3v) is 5.66. The highest BCUT2D eigenvalue weighted by Crippen LogP contribution is 2.34. The number of hydrogen-bond acceptors (Lipinski definition) is 8. The summed E-state index contributed by atoms with van der Waals surface area (Å²) >= 11 is 0. The van der Waals surface area contributed by atoms with Crippen molar-refractivity contribution in [1.29, 1.82) is 0 Å². The molecular formula is C23H25N7O2. The van der Waals surface area contributed by atoms with E-state index in [2.05, 4.69) is 43.3 Å². The van der Waals surface area contributed by atoms with Gasteiger partial charge in [0.25, 0.3) is 0 Å². The summed E-state index contributed by atoms with van der Waals surface area (Å²) in [6.45, 7) is 6.05. The normalized spacial score (nSPS) is 13.7. The summed E-state index contributed by atoms with van der Waals surface area (Å²) in [6.07, 6.45) is 5.95. The molecule has 0 fully saturated rings. The van der Waals surface area contributed by atoms with Gasteiger partial charge in [0.2, 0.25) is 0 Å². The van der Waals surface area contributed by atoms with E-state index in [-0.39, 0.29) is 12.5 Å². The minimum atomic E-state index is 0.0214. The lowest BCUT2D eigenvalue weighted by atomic mass is 9.99. The molecule has 9 nitrogen and oxygen atoms in total. The van der Waals surface area contributed by atoms with Crippen molar-refractivity contribution in [3.05, 3.63) is 53.9 Å². The Bertz CT molecular complexity index is 1270. The van der Waals surface area contributed by atoms with E-state index in [1.54, 1.807) is 23.4 Å². The van der Waals surface area contributed by atoms with Crippen molar-refractivity contribution in [2.24, 2.45) is 0 Å². The largest absolute Gasteiger partial charge is 0.491 e. The summed E-state index contributed by atoms with van der Waals surface area (Å²) in [4.78, 5) is 17.9. The first kappa shape index (κ1) is 20.3. The van der Waals surface area contributed by atoms with Crippen molar-refractivity contribution in [2.45, 2.75) is 32.7 Å². The second-order valence-corrected chi connectivity index (χ2v) is 8.03. The first-order valence-corrected chi connectivity index (χ1v) is 10.7. The minimum Gasteiger partial charge on any atom is -0.491 e. The maximum Gasteiger partial charge on any atom is 0.157 e. The highest BCUT2D eigenvalue weighted by molar-refractivity contribution is 5.80. The van der Waals surface area contributed by atoms with Crippen molar-refractivity contribution in [2.75, 3.05) is 25.1 Å². The molecule has 0 saturated heterocycles. The van der Waals surface area contributed by atoms with Crippen molar-refractivity contribution >= 4 is 16.9 Å². The average Bonchev–Trinajstić information content (AvgIpc) is 3.44. The number of aromatic nitrogens is 6. The molecule has 0 aliphatic carbocycles. The van der Waals surface area contributed by atoms with Crippen LogP contribution in [-0.2, 0) is 13.0 Å². The molecule has 0 aromatic carbocycles. The summed E-state index contributed by atoms with van der Waals surface area (Å²) in [5.74, 6) is 1.92. The summed E-state index contributed by atoms with van der Waals surface area (Å²) in [6, 6.07) is 6.03. The smallest absolute Gasteiger partial charge is 0.157 e. The molecule has 4 aromatic rings. The van der Waals surface area contributed by atoms with Gasteiger partial charge in [0.05, 0.1) is 37.3 Å². The topological polar surface area (TPSA) is 111 Å². The maximum atomic E-state index is 9.16. The van der Waals surface area contributed by atoms with Crippen molar-refractivity contribution in [3.8, 4) is 17.0 Å². The van der Waals surface area contributed by atoms with Crippen molar-refractivity contribution in [3.63, 3.8) is 0 Å². The zero-order chi connectivity index (χ0) is 22.1. The SMILES string of the molecule is Cc1cc([C@H](C)CNc2cc(-c3cnc4c(cnn4CCO)c3)ncn2)c2c(n1)CCO2. The molecule has 1 aliphatic rings. The Morgan fingerprint density at radius 3 is 2.97 bits per heavy atom. The molecule has 5 heterocycles. The van der Waals surface area contributed by atoms with Crippen LogP contribution in [0.5, 0.6) is 5.75 Å². The predicted octanol–water partition coefficient (Wildman–Crippen LogP) is 2.73. The lowest BCUT2D eigenvalue weighted by molar-refractivity contribution is 0.271. The third-order valence-electron chi connectivity index (χ3n) is 5.66. The van der Waals surface area contributed by atoms with E-state index >= 15 is 0 Å². The van der Waals surface area contributed by atoms with Crippen molar-refractivity contribution < 1.29 is 9.84 Å². The molecule has 0 saturated carbocycles. The molecule has 2 N–H and O–H groups in total. The molecule has 0 unspecified atom stereocenters. The Morgan fingerprint density at radius 1 is 1.19 bits per heavy atom. The van der Waals surface area contributed by atoms with E-state index in [9.17, 15) is 0 Å². The Hall–Kier alpha value is -3.59. The van der Waals surface area contributed by atoms with Crippen LogP contribution < -0.4 is 10.1 Å². The van der Waals surface area contributed by atoms with Gasteiger partial charge in [0, 0.05) is 53.4 Å². The fraction of sp³-hybridized carbons (Fsp3) is 0.348. The zero-order valence-electron chi connectivity index (χ0n) is 18.1. The van der Waals surface area contributed by atoms with E-state index in [0.717, 1.165) is 51.7 Å². The summed E-state index contributed by atoms with van der Waals surface area (Å²) in [5.41, 5.74) is 5.67. The van der Waals surface area contributed by atoms with Crippen molar-refractivity contribution in [1.82, 2.24) is 29.7 Å². The number of rotatable bonds is 7. The van der Waals surface area contributed by atoms with Gasteiger partial charge in [0.1, 0.15) is 17.9 Å². The number of nitrogens with zero attached hydrogens (tertiary/aromatic N) is 6. The standard InChI is InChI=1S/C23H25N7O2/c1-14(18-7-15(2)29-19-3-6-32-22(18)19)10-24-21-9-20(26-13-27-21)16-8-17-12-28-30(4-5-31)23(17)25-11-16/h7-9,11-14,31H,3-6,10H2,1-2H3,(H,24,26,27)/t14-/m1/s1. The van der Waals surface area contributed by atoms with E-state index in [1.807, 2.05) is 19.1 Å². The van der Waals surface area contributed by atoms with Gasteiger partial charge in [-0.15, -0.1) is 0 Å². The number of nitrogens with one attached hydrogen (secondary N) is 1. The highest BCUT2D eigenvalue weighted by atomic mass is 16.5. The monoisotopic (exact) mass is 431 g/mol. The van der Waals surface area contributed by atoms with Crippen LogP contribution in [0.4, 0.5) is 5.82 Å². The fourth-order valence-corrected chi connectivity index (χ4v) is 4.05. The number of aliphatic hydroxyl groups excluding tert-OH is 1. The van der Waals surface area contributed by atoms with E-state index < -0.39 is 0 Å². The zero-order valence-corrected chi connectivity index (χ0v) is 18.1. The predicted molar refractivity (Wildman–Crippen MR) is 121 cm³/mol. The van der Waals surface area contributed by atoms with E-state index in [4.69, 9.17) is 9.84 Å². The molecule has 0 radical (unpaired) electrons. The van der Waals surface area contributed by atoms with Crippen LogP contribution in [0, 0.1) is 6.92 Å². The third kappa shape index (κ3) is 3.87. The van der Waals surface area contributed by atoms with Crippen LogP contribution in [0.15, 0.2) is 36.9 Å². The number of hydrogen-bond donors (Lipinski definition) is 2. The first-order valence-electron chi connectivity index (χ1n) is 10.7. The molecule has 5 rings (SSSR count). The van der Waals surface area contributed by atoms with Crippen LogP contribution in [0.2, 0.25) is 0 Å². The van der Waals surface area contributed by atoms with Gasteiger partial charge < -0.3 is 15.2 Å². The van der Waals surface area contributed by atoms with Gasteiger partial charge >= 0.3 is 0 Å². The quantitative estimate of drug-likeness (QED) is 0.460. The number of anilines is 1. The summed E-state index contributed by atoms with van der Waals surface area (Å²) in [7, 11) is 0. The summed E-state index contributed by atoms with van der Waals surface area (Å²) in [5, 5.41) is 17.8. The number of pyridine rings is 2. The molecule has 1 atom stereocenters. The van der Waals surface area contributed by atoms with Crippen LogP contribution in [0.3, 0.4) is 0 Å². The van der Waals surface area contributed by atoms with Crippen LogP contribution >= 0.6 is 0 Å². The molecule has 0 amide bonds. The van der Waals surface area contributed by atoms with Gasteiger partial charge in [-0.3, -0.25) is 4.98 Å². The Labute approximate surface area is 185 Å². The number of ether oxygens (including phenoxy) is 1. The molecule has 4 aromatic heterocycles. The minimum absolute atomic E-state index is 0.0214. The molecule has 1 aliphatic heterocycles. The van der Waals surface area contributed by atoms with Gasteiger partial charge in [0.15, 0.2) is 5.65 Å². The number of aryl methyl sites for hydroxylation is 1. The Kier molecular flexibility index (Phi) is 5.40. The van der Waals surface area contributed by atoms with Gasteiger partial charge in [-0.25, -0.2) is 19.6 Å². The lowest BCUT2D eigenvalue weighted by Crippen LogP contribution is -2.12. The van der Waals surface area contributed by atoms with Gasteiger partial charge in [-0.05, 0) is 19.1 Å². The first-order chi connectivity index (χ1) is 15.6. The van der Waals surface area contributed by atoms with Crippen LogP contribution in [-0.4, -0.2) is 54.6 Å². The highest BCUT2D eigenvalue weighted by Gasteiger charge is 2.22. The van der Waals surface area contributed by atoms with E-state index in [1.165, 1.54) is 5.56 Å². The average molecular weight is 432 g/mol. The Balaban J connectivity index is 1.33. The number of fused-ring (bicyclic) bond motifs is 2. The fourth-order valence-electron chi connectivity index (χ4n) is 4.05. The molecule has 9 heteroatoms. The molecular weight excluding hydrogens is 406 g/mol. The van der Waals surface area contributed by atoms with Crippen LogP contribution in [0.1, 0.15) is 29.8 Å². The lowest BCUT2D eigenvalue weighted by Gasteiger charge is -2.17. The molecule has 164 valence electrons.